The highest BCUT2D eigenvalue weighted by molar-refractivity contribution is 5.75. The van der Waals surface area contributed by atoms with Gasteiger partial charge in [0.1, 0.15) is 18.3 Å². The van der Waals surface area contributed by atoms with Crippen LogP contribution in [0, 0.1) is 0 Å². The smallest absolute Gasteiger partial charge is 0.337 e. The summed E-state index contributed by atoms with van der Waals surface area (Å²) in [6.45, 7) is -0.799. The van der Waals surface area contributed by atoms with Crippen LogP contribution in [0.15, 0.2) is 0 Å². The van der Waals surface area contributed by atoms with Gasteiger partial charge >= 0.3 is 5.97 Å². The highest BCUT2D eigenvalue weighted by atomic mass is 16.5. The summed E-state index contributed by atoms with van der Waals surface area (Å²) < 4.78 is 4.09. The summed E-state index contributed by atoms with van der Waals surface area (Å²) in [5, 5.41) is 44.5. The normalized spacial score (nSPS) is 19.6. The quantitative estimate of drug-likeness (QED) is 0.299. The molecule has 0 spiro atoms. The molecular formula is C7H14O7. The summed E-state index contributed by atoms with van der Waals surface area (Å²) in [6.07, 6.45) is -7.33. The van der Waals surface area contributed by atoms with Crippen LogP contribution < -0.4 is 0 Å². The number of esters is 1. The first-order valence-corrected chi connectivity index (χ1v) is 3.86. The van der Waals surface area contributed by atoms with Crippen LogP contribution in [-0.4, -0.2) is 69.6 Å². The highest BCUT2D eigenvalue weighted by Gasteiger charge is 2.34. The molecule has 7 nitrogen and oxygen atoms in total. The molecule has 0 aliphatic carbocycles. The number of aliphatic hydroxyl groups excluding tert-OH is 5. The summed E-state index contributed by atoms with van der Waals surface area (Å²) in [5.41, 5.74) is 0. The van der Waals surface area contributed by atoms with E-state index in [-0.39, 0.29) is 0 Å². The summed E-state index contributed by atoms with van der Waals surface area (Å²) in [4.78, 5) is 10.7. The lowest BCUT2D eigenvalue weighted by Crippen LogP contribution is -2.48. The molecule has 0 saturated heterocycles. The average molecular weight is 210 g/mol. The van der Waals surface area contributed by atoms with Crippen LogP contribution in [0.25, 0.3) is 0 Å². The van der Waals surface area contributed by atoms with Gasteiger partial charge in [0.25, 0.3) is 0 Å². The van der Waals surface area contributed by atoms with Gasteiger partial charge in [-0.1, -0.05) is 0 Å². The Kier molecular flexibility index (Phi) is 5.58. The zero-order valence-electron chi connectivity index (χ0n) is 7.57. The van der Waals surface area contributed by atoms with E-state index in [1.165, 1.54) is 0 Å². The third-order valence-electron chi connectivity index (χ3n) is 1.70. The number of carbonyl (C=O) groups excluding carboxylic acids is 1. The maximum atomic E-state index is 10.7. The lowest BCUT2D eigenvalue weighted by molar-refractivity contribution is -0.167. The maximum absolute atomic E-state index is 10.7. The molecule has 0 radical (unpaired) electrons. The van der Waals surface area contributed by atoms with Gasteiger partial charge in [-0.15, -0.1) is 0 Å². The van der Waals surface area contributed by atoms with Gasteiger partial charge < -0.3 is 30.3 Å². The number of hydrogen-bond donors (Lipinski definition) is 5. The van der Waals surface area contributed by atoms with E-state index >= 15 is 0 Å². The van der Waals surface area contributed by atoms with Gasteiger partial charge in [0.15, 0.2) is 6.10 Å². The van der Waals surface area contributed by atoms with Crippen molar-refractivity contribution in [1.82, 2.24) is 0 Å². The summed E-state index contributed by atoms with van der Waals surface area (Å²) in [6, 6.07) is 0. The molecule has 0 aromatic heterocycles. The molecular weight excluding hydrogens is 196 g/mol. The number of aliphatic hydroxyl groups is 5. The van der Waals surface area contributed by atoms with Gasteiger partial charge in [-0.2, -0.15) is 0 Å². The van der Waals surface area contributed by atoms with Crippen molar-refractivity contribution in [3.8, 4) is 0 Å². The summed E-state index contributed by atoms with van der Waals surface area (Å²) in [5.74, 6) is -1.14. The van der Waals surface area contributed by atoms with Crippen molar-refractivity contribution in [3.05, 3.63) is 0 Å². The van der Waals surface area contributed by atoms with E-state index in [1.807, 2.05) is 0 Å². The van der Waals surface area contributed by atoms with Gasteiger partial charge in [-0.25, -0.2) is 4.79 Å². The van der Waals surface area contributed by atoms with Crippen LogP contribution >= 0.6 is 0 Å². The Morgan fingerprint density at radius 2 is 1.71 bits per heavy atom. The number of carbonyl (C=O) groups is 1. The van der Waals surface area contributed by atoms with Crippen LogP contribution in [0.1, 0.15) is 0 Å². The second kappa shape index (κ2) is 5.89. The third-order valence-corrected chi connectivity index (χ3v) is 1.70. The van der Waals surface area contributed by atoms with Crippen molar-refractivity contribution < 1.29 is 35.1 Å². The Labute approximate surface area is 80.2 Å². The SMILES string of the molecule is COC(=O)[C@H](O)[C@H](O)[C@@H](O)[C@H](O)CO. The third kappa shape index (κ3) is 3.20. The summed E-state index contributed by atoms with van der Waals surface area (Å²) in [7, 11) is 0.993. The molecule has 5 N–H and O–H groups in total. The van der Waals surface area contributed by atoms with Crippen LogP contribution in [0.4, 0.5) is 0 Å². The predicted octanol–water partition coefficient (Wildman–Crippen LogP) is -3.40. The topological polar surface area (TPSA) is 127 Å². The van der Waals surface area contributed by atoms with Crippen molar-refractivity contribution in [3.63, 3.8) is 0 Å². The van der Waals surface area contributed by atoms with Gasteiger partial charge in [0.2, 0.25) is 0 Å². The molecule has 0 bridgehead atoms. The monoisotopic (exact) mass is 210 g/mol. The molecule has 0 aromatic rings. The average Bonchev–Trinajstić information content (AvgIpc) is 2.23. The molecule has 4 atom stereocenters. The molecule has 0 amide bonds. The summed E-state index contributed by atoms with van der Waals surface area (Å²) >= 11 is 0. The van der Waals surface area contributed by atoms with Crippen molar-refractivity contribution in [2.75, 3.05) is 13.7 Å². The minimum Gasteiger partial charge on any atom is -0.467 e. The molecule has 0 aliphatic heterocycles. The standard InChI is InChI=1S/C7H14O7/c1-14-7(13)6(12)5(11)4(10)3(9)2-8/h3-6,8-12H,2H2,1H3/t3-,4+,5-,6-/m1/s1. The number of hydrogen-bond acceptors (Lipinski definition) is 7. The fourth-order valence-electron chi connectivity index (χ4n) is 0.783. The zero-order chi connectivity index (χ0) is 11.3. The molecule has 0 heterocycles. The molecule has 0 aromatic carbocycles. The lowest BCUT2D eigenvalue weighted by atomic mass is 10.0. The number of rotatable bonds is 5. The van der Waals surface area contributed by atoms with Crippen LogP contribution in [-0.2, 0) is 9.53 Å². The van der Waals surface area contributed by atoms with Crippen molar-refractivity contribution >= 4 is 5.97 Å². The van der Waals surface area contributed by atoms with Crippen LogP contribution in [0.3, 0.4) is 0 Å². The second-order valence-corrected chi connectivity index (χ2v) is 2.70. The first kappa shape index (κ1) is 13.3. The molecule has 0 fully saturated rings. The molecule has 84 valence electrons. The minimum absolute atomic E-state index is 0.799. The van der Waals surface area contributed by atoms with Gasteiger partial charge in [0.05, 0.1) is 13.7 Å². The van der Waals surface area contributed by atoms with E-state index in [0.29, 0.717) is 0 Å². The number of methoxy groups -OCH3 is 1. The Morgan fingerprint density at radius 1 is 1.21 bits per heavy atom. The minimum atomic E-state index is -1.96. The van der Waals surface area contributed by atoms with E-state index in [0.717, 1.165) is 7.11 Å². The predicted molar refractivity (Wildman–Crippen MR) is 43.1 cm³/mol. The van der Waals surface area contributed by atoms with Crippen LogP contribution in [0.5, 0.6) is 0 Å². The van der Waals surface area contributed by atoms with Crippen molar-refractivity contribution in [2.45, 2.75) is 24.4 Å². The highest BCUT2D eigenvalue weighted by Crippen LogP contribution is 2.05. The fraction of sp³-hybridized carbons (Fsp3) is 0.857. The lowest BCUT2D eigenvalue weighted by Gasteiger charge is -2.23. The second-order valence-electron chi connectivity index (χ2n) is 2.70. The molecule has 0 aliphatic rings. The zero-order valence-corrected chi connectivity index (χ0v) is 7.57. The fourth-order valence-corrected chi connectivity index (χ4v) is 0.783. The molecule has 0 unspecified atom stereocenters. The van der Waals surface area contributed by atoms with Crippen molar-refractivity contribution in [1.29, 1.82) is 0 Å². The van der Waals surface area contributed by atoms with Gasteiger partial charge in [-0.05, 0) is 0 Å². The Balaban J connectivity index is 4.30. The first-order chi connectivity index (χ1) is 6.45. The Morgan fingerprint density at radius 3 is 2.07 bits per heavy atom. The van der Waals surface area contributed by atoms with E-state index in [1.54, 1.807) is 0 Å². The maximum Gasteiger partial charge on any atom is 0.337 e. The van der Waals surface area contributed by atoms with Crippen molar-refractivity contribution in [2.24, 2.45) is 0 Å². The van der Waals surface area contributed by atoms with E-state index in [4.69, 9.17) is 25.5 Å². The molecule has 7 heteroatoms. The van der Waals surface area contributed by atoms with Gasteiger partial charge in [-0.3, -0.25) is 0 Å². The van der Waals surface area contributed by atoms with Crippen LogP contribution in [0.2, 0.25) is 0 Å². The first-order valence-electron chi connectivity index (χ1n) is 3.86. The Bertz CT molecular complexity index is 183. The van der Waals surface area contributed by atoms with E-state index < -0.39 is 37.0 Å². The molecule has 0 rings (SSSR count). The molecule has 14 heavy (non-hydrogen) atoms. The largest absolute Gasteiger partial charge is 0.467 e. The van der Waals surface area contributed by atoms with Gasteiger partial charge in [0, 0.05) is 0 Å². The van der Waals surface area contributed by atoms with E-state index in [2.05, 4.69) is 4.74 Å². The van der Waals surface area contributed by atoms with E-state index in [9.17, 15) is 4.79 Å². The number of ether oxygens (including phenoxy) is 1. The molecule has 0 saturated carbocycles. The Hall–Kier alpha value is -0.730.